The van der Waals surface area contributed by atoms with Crippen molar-refractivity contribution in [3.05, 3.63) is 29.2 Å². The van der Waals surface area contributed by atoms with Gasteiger partial charge in [0.15, 0.2) is 12.0 Å². The molecule has 0 spiro atoms. The minimum atomic E-state index is -4.84. The van der Waals surface area contributed by atoms with Crippen LogP contribution >= 0.6 is 0 Å². The van der Waals surface area contributed by atoms with Crippen LogP contribution in [-0.4, -0.2) is 57.6 Å². The van der Waals surface area contributed by atoms with Crippen LogP contribution in [0.1, 0.15) is 17.5 Å². The number of pyridine rings is 2. The number of aromatic nitrogens is 4. The Morgan fingerprint density at radius 1 is 1.19 bits per heavy atom. The van der Waals surface area contributed by atoms with Gasteiger partial charge in [-0.3, -0.25) is 4.98 Å². The van der Waals surface area contributed by atoms with Gasteiger partial charge in [0.05, 0.1) is 36.6 Å². The lowest BCUT2D eigenvalue weighted by Crippen LogP contribution is -2.51. The zero-order chi connectivity index (χ0) is 26.2. The van der Waals surface area contributed by atoms with Gasteiger partial charge in [0, 0.05) is 25.8 Å². The lowest BCUT2D eigenvalue weighted by atomic mass is 10.0. The molecule has 0 bridgehead atoms. The third-order valence-corrected chi connectivity index (χ3v) is 5.81. The molecule has 1 fully saturated rings. The van der Waals surface area contributed by atoms with E-state index in [4.69, 9.17) is 15.7 Å². The van der Waals surface area contributed by atoms with E-state index in [1.165, 1.54) is 25.1 Å². The molecule has 4 rings (SSSR count). The molecule has 1 aliphatic heterocycles. The monoisotopic (exact) mass is 501 g/mol. The summed E-state index contributed by atoms with van der Waals surface area (Å²) < 4.78 is 62.4. The van der Waals surface area contributed by atoms with Crippen molar-refractivity contribution in [3.8, 4) is 29.7 Å². The molecule has 0 aromatic carbocycles. The van der Waals surface area contributed by atoms with E-state index in [0.717, 1.165) is 6.07 Å². The average molecular weight is 501 g/mol. The predicted molar refractivity (Wildman–Crippen MR) is 120 cm³/mol. The maximum Gasteiger partial charge on any atom is 0.418 e. The molecule has 3 aromatic rings. The number of halogens is 4. The van der Waals surface area contributed by atoms with Crippen LogP contribution in [0, 0.1) is 35.5 Å². The number of methoxy groups -OCH3 is 1. The fourth-order valence-electron chi connectivity index (χ4n) is 4.21. The summed E-state index contributed by atoms with van der Waals surface area (Å²) in [6.07, 6.45) is -1.55. The molecule has 10 nitrogen and oxygen atoms in total. The van der Waals surface area contributed by atoms with Crippen LogP contribution in [0.2, 0.25) is 0 Å². The fraction of sp³-hybridized carbons (Fsp3) is 0.364. The number of ether oxygens (including phenoxy) is 1. The number of nitrogens with zero attached hydrogens (tertiary/aromatic N) is 8. The van der Waals surface area contributed by atoms with Crippen LogP contribution in [0.25, 0.3) is 22.3 Å². The minimum absolute atomic E-state index is 0.0711. The molecule has 0 saturated carbocycles. The minimum Gasteiger partial charge on any atom is -0.467 e. The molecule has 186 valence electrons. The van der Waals surface area contributed by atoms with E-state index >= 15 is 4.39 Å². The SMILES string of the molecule is COc1nc(N2CCN(C#N)C(CC#N)C2)c2cnc(-c3nc(N)cc(C)c3C(F)(F)F)c(F)c2n1. The van der Waals surface area contributed by atoms with Crippen LogP contribution in [0.5, 0.6) is 6.01 Å². The molecule has 1 aliphatic rings. The molecule has 14 heteroatoms. The quantitative estimate of drug-likeness (QED) is 0.419. The molecule has 1 unspecified atom stereocenters. The van der Waals surface area contributed by atoms with Gasteiger partial charge in [-0.05, 0) is 18.6 Å². The van der Waals surface area contributed by atoms with Crippen molar-refractivity contribution in [1.29, 1.82) is 10.5 Å². The zero-order valence-electron chi connectivity index (χ0n) is 19.1. The summed E-state index contributed by atoms with van der Waals surface area (Å²) in [7, 11) is 1.27. The highest BCUT2D eigenvalue weighted by molar-refractivity contribution is 5.92. The molecule has 1 atom stereocenters. The summed E-state index contributed by atoms with van der Waals surface area (Å²) in [5.74, 6) is -1.17. The van der Waals surface area contributed by atoms with E-state index in [-0.39, 0.29) is 53.6 Å². The third kappa shape index (κ3) is 4.33. The van der Waals surface area contributed by atoms with Crippen LogP contribution < -0.4 is 15.4 Å². The average Bonchev–Trinajstić information content (AvgIpc) is 2.82. The van der Waals surface area contributed by atoms with Gasteiger partial charge in [0.2, 0.25) is 0 Å². The maximum atomic E-state index is 15.8. The van der Waals surface area contributed by atoms with Gasteiger partial charge in [0.1, 0.15) is 28.5 Å². The molecular weight excluding hydrogens is 482 g/mol. The summed E-state index contributed by atoms with van der Waals surface area (Å²) in [6.45, 7) is 2.01. The molecule has 0 radical (unpaired) electrons. The molecule has 0 aliphatic carbocycles. The highest BCUT2D eigenvalue weighted by atomic mass is 19.4. The van der Waals surface area contributed by atoms with Gasteiger partial charge >= 0.3 is 12.2 Å². The number of alkyl halides is 3. The summed E-state index contributed by atoms with van der Waals surface area (Å²) in [4.78, 5) is 19.3. The Morgan fingerprint density at radius 3 is 2.58 bits per heavy atom. The van der Waals surface area contributed by atoms with Crippen molar-refractivity contribution >= 4 is 22.5 Å². The number of hydrogen-bond acceptors (Lipinski definition) is 10. The molecular formula is C22H19F4N9O. The highest BCUT2D eigenvalue weighted by Crippen LogP contribution is 2.40. The summed E-state index contributed by atoms with van der Waals surface area (Å²) in [5, 5.41) is 18.6. The highest BCUT2D eigenvalue weighted by Gasteiger charge is 2.38. The predicted octanol–water partition coefficient (Wildman–Crippen LogP) is 3.03. The second-order valence-electron chi connectivity index (χ2n) is 8.06. The van der Waals surface area contributed by atoms with Gasteiger partial charge in [0.25, 0.3) is 0 Å². The largest absolute Gasteiger partial charge is 0.467 e. The van der Waals surface area contributed by atoms with Crippen molar-refractivity contribution in [2.24, 2.45) is 0 Å². The Labute approximate surface area is 202 Å². The van der Waals surface area contributed by atoms with Gasteiger partial charge in [-0.25, -0.2) is 9.37 Å². The van der Waals surface area contributed by atoms with E-state index in [0.29, 0.717) is 6.54 Å². The molecule has 3 aromatic heterocycles. The normalized spacial score (nSPS) is 16.1. The lowest BCUT2D eigenvalue weighted by molar-refractivity contribution is -0.137. The first-order chi connectivity index (χ1) is 17.1. The number of aryl methyl sites for hydroxylation is 1. The Hall–Kier alpha value is -4.46. The topological polar surface area (TPSA) is 141 Å². The second kappa shape index (κ2) is 9.30. The van der Waals surface area contributed by atoms with E-state index in [2.05, 4.69) is 19.9 Å². The fourth-order valence-corrected chi connectivity index (χ4v) is 4.21. The number of hydrogen-bond donors (Lipinski definition) is 1. The van der Waals surface area contributed by atoms with E-state index in [1.807, 2.05) is 12.3 Å². The first kappa shape index (κ1) is 24.7. The molecule has 2 N–H and O–H groups in total. The zero-order valence-corrected chi connectivity index (χ0v) is 19.1. The van der Waals surface area contributed by atoms with Gasteiger partial charge in [-0.2, -0.15) is 33.7 Å². The van der Waals surface area contributed by atoms with E-state index in [1.54, 1.807) is 4.90 Å². The summed E-state index contributed by atoms with van der Waals surface area (Å²) >= 11 is 0. The Morgan fingerprint density at radius 2 is 1.94 bits per heavy atom. The van der Waals surface area contributed by atoms with Gasteiger partial charge in [-0.15, -0.1) is 0 Å². The number of nitrogens with two attached hydrogens (primary N) is 1. The molecule has 1 saturated heterocycles. The maximum absolute atomic E-state index is 15.8. The first-order valence-corrected chi connectivity index (χ1v) is 10.6. The molecule has 36 heavy (non-hydrogen) atoms. The van der Waals surface area contributed by atoms with Crippen LogP contribution in [0.4, 0.5) is 29.2 Å². The molecule has 0 amide bonds. The van der Waals surface area contributed by atoms with Crippen LogP contribution in [0.15, 0.2) is 12.3 Å². The van der Waals surface area contributed by atoms with Gasteiger partial charge < -0.3 is 20.3 Å². The van der Waals surface area contributed by atoms with Crippen LogP contribution in [-0.2, 0) is 6.18 Å². The van der Waals surface area contributed by atoms with Crippen molar-refractivity contribution in [1.82, 2.24) is 24.8 Å². The van der Waals surface area contributed by atoms with Gasteiger partial charge in [-0.1, -0.05) is 0 Å². The second-order valence-corrected chi connectivity index (χ2v) is 8.06. The van der Waals surface area contributed by atoms with Crippen molar-refractivity contribution in [3.63, 3.8) is 0 Å². The van der Waals surface area contributed by atoms with E-state index in [9.17, 15) is 18.4 Å². The number of nitrogen functional groups attached to an aromatic ring is 1. The summed E-state index contributed by atoms with van der Waals surface area (Å²) in [5.41, 5.74) is 2.53. The number of fused-ring (bicyclic) bond motifs is 1. The summed E-state index contributed by atoms with van der Waals surface area (Å²) in [6, 6.07) is 2.43. The lowest BCUT2D eigenvalue weighted by Gasteiger charge is -2.38. The van der Waals surface area contributed by atoms with Crippen LogP contribution in [0.3, 0.4) is 0 Å². The number of anilines is 2. The smallest absolute Gasteiger partial charge is 0.418 e. The molecule has 4 heterocycles. The Balaban J connectivity index is 1.91. The van der Waals surface area contributed by atoms with Crippen molar-refractivity contribution in [2.75, 3.05) is 37.4 Å². The number of piperazine rings is 1. The van der Waals surface area contributed by atoms with E-state index < -0.39 is 35.0 Å². The Kier molecular flexibility index (Phi) is 6.37. The third-order valence-electron chi connectivity index (χ3n) is 5.81. The Bertz CT molecular complexity index is 1410. The van der Waals surface area contributed by atoms with Crippen molar-refractivity contribution in [2.45, 2.75) is 25.6 Å². The number of nitriles is 2. The number of rotatable bonds is 4. The first-order valence-electron chi connectivity index (χ1n) is 10.6. The standard InChI is InChI=1S/C22H19F4N9O/c1-11-7-14(29)31-18(15(11)22(24,25)26)19-16(23)17-13(8-30-19)20(33-21(32-17)36-2)34-5-6-35(10-28)12(9-34)3-4-27/h7-8,12H,3,5-6,9H2,1-2H3,(H2,29,31). The van der Waals surface area contributed by atoms with Crippen molar-refractivity contribution < 1.29 is 22.3 Å².